The minimum absolute atomic E-state index is 0.200. The Labute approximate surface area is 137 Å². The van der Waals surface area contributed by atoms with Gasteiger partial charge in [0.15, 0.2) is 0 Å². The van der Waals surface area contributed by atoms with Crippen molar-refractivity contribution in [2.75, 3.05) is 19.8 Å². The molecule has 3 atom stereocenters. The maximum absolute atomic E-state index is 9.33. The number of aliphatic hydroxyl groups is 3. The monoisotopic (exact) mass is 328 g/mol. The Morgan fingerprint density at radius 3 is 1.57 bits per heavy atom. The Balaban J connectivity index is 2.70. The number of hydrogen-bond acceptors (Lipinski definition) is 6. The third-order valence-corrected chi connectivity index (χ3v) is 2.77. The molecule has 3 N–H and O–H groups in total. The largest absolute Gasteiger partial charge is 0.491 e. The Bertz CT molecular complexity index is 412. The molecule has 0 aliphatic rings. The second-order valence-electron chi connectivity index (χ2n) is 5.87. The zero-order valence-electron chi connectivity index (χ0n) is 14.1. The van der Waals surface area contributed by atoms with Gasteiger partial charge in [-0.2, -0.15) is 0 Å². The third kappa shape index (κ3) is 9.53. The van der Waals surface area contributed by atoms with Gasteiger partial charge >= 0.3 is 0 Å². The van der Waals surface area contributed by atoms with Gasteiger partial charge in [-0.25, -0.2) is 0 Å². The quantitative estimate of drug-likeness (QED) is 0.566. The maximum Gasteiger partial charge on any atom is 0.120 e. The third-order valence-electron chi connectivity index (χ3n) is 2.77. The van der Waals surface area contributed by atoms with Gasteiger partial charge in [0.05, 0.1) is 44.7 Å². The summed E-state index contributed by atoms with van der Waals surface area (Å²) in [6.45, 7) is 6.39. The highest BCUT2D eigenvalue weighted by atomic mass is 16.5. The Kier molecular flexibility index (Phi) is 9.13. The Hall–Kier alpha value is -1.18. The SMILES string of the molecule is CC(O)COCc1cc(COCC(C)O)cc(OCC(C)O)c1. The van der Waals surface area contributed by atoms with Crippen LogP contribution < -0.4 is 4.74 Å². The van der Waals surface area contributed by atoms with Crippen molar-refractivity contribution in [2.24, 2.45) is 0 Å². The summed E-state index contributed by atoms with van der Waals surface area (Å²) in [5.74, 6) is 0.625. The maximum atomic E-state index is 9.33. The van der Waals surface area contributed by atoms with Crippen LogP contribution in [0.3, 0.4) is 0 Å². The number of aliphatic hydroxyl groups excluding tert-OH is 3. The zero-order valence-corrected chi connectivity index (χ0v) is 14.1. The molecule has 0 fully saturated rings. The fourth-order valence-corrected chi connectivity index (χ4v) is 1.89. The first-order valence-electron chi connectivity index (χ1n) is 7.82. The standard InChI is InChI=1S/C17H28O6/c1-12(18)7-21-10-15-4-16(11-22-8-13(2)19)6-17(5-15)23-9-14(3)20/h4-6,12-14,18-20H,7-11H2,1-3H3. The molecule has 0 saturated heterocycles. The molecule has 0 bridgehead atoms. The molecule has 0 radical (unpaired) electrons. The second-order valence-corrected chi connectivity index (χ2v) is 5.87. The molecule has 0 aliphatic carbocycles. The van der Waals surface area contributed by atoms with Crippen molar-refractivity contribution in [2.45, 2.75) is 52.3 Å². The van der Waals surface area contributed by atoms with Gasteiger partial charge in [0.2, 0.25) is 0 Å². The molecule has 3 unspecified atom stereocenters. The molecule has 132 valence electrons. The van der Waals surface area contributed by atoms with E-state index in [-0.39, 0.29) is 19.8 Å². The highest BCUT2D eigenvalue weighted by Gasteiger charge is 2.06. The van der Waals surface area contributed by atoms with Crippen LogP contribution in [0.4, 0.5) is 0 Å². The van der Waals surface area contributed by atoms with E-state index in [9.17, 15) is 15.3 Å². The highest BCUT2D eigenvalue weighted by Crippen LogP contribution is 2.19. The van der Waals surface area contributed by atoms with E-state index >= 15 is 0 Å². The van der Waals surface area contributed by atoms with E-state index in [0.29, 0.717) is 19.0 Å². The molecule has 0 aliphatic heterocycles. The van der Waals surface area contributed by atoms with E-state index in [1.165, 1.54) is 0 Å². The second kappa shape index (κ2) is 10.6. The van der Waals surface area contributed by atoms with Gasteiger partial charge in [-0.15, -0.1) is 0 Å². The minimum Gasteiger partial charge on any atom is -0.491 e. The molecule has 0 amide bonds. The van der Waals surface area contributed by atoms with Gasteiger partial charge in [-0.05, 0) is 44.0 Å². The first-order chi connectivity index (χ1) is 10.9. The minimum atomic E-state index is -0.555. The number of benzene rings is 1. The lowest BCUT2D eigenvalue weighted by Gasteiger charge is -2.14. The van der Waals surface area contributed by atoms with Crippen LogP contribution in [0.5, 0.6) is 5.75 Å². The van der Waals surface area contributed by atoms with Crippen molar-refractivity contribution in [1.82, 2.24) is 0 Å². The van der Waals surface area contributed by atoms with Gasteiger partial charge in [-0.3, -0.25) is 0 Å². The molecule has 0 heterocycles. The lowest BCUT2D eigenvalue weighted by molar-refractivity contribution is 0.0353. The molecule has 1 rings (SSSR count). The van der Waals surface area contributed by atoms with Crippen LogP contribution >= 0.6 is 0 Å². The molecular formula is C17H28O6. The average Bonchev–Trinajstić information content (AvgIpc) is 2.44. The molecule has 1 aromatic rings. The Morgan fingerprint density at radius 2 is 1.17 bits per heavy atom. The predicted octanol–water partition coefficient (Wildman–Crippen LogP) is 1.24. The Morgan fingerprint density at radius 1 is 0.739 bits per heavy atom. The van der Waals surface area contributed by atoms with E-state index in [4.69, 9.17) is 14.2 Å². The number of rotatable bonds is 11. The van der Waals surface area contributed by atoms with E-state index < -0.39 is 18.3 Å². The summed E-state index contributed by atoms with van der Waals surface area (Å²) < 4.78 is 16.4. The van der Waals surface area contributed by atoms with Gasteiger partial charge in [-0.1, -0.05) is 6.07 Å². The van der Waals surface area contributed by atoms with Crippen LogP contribution in [0, 0.1) is 0 Å². The molecule has 0 spiro atoms. The van der Waals surface area contributed by atoms with Gasteiger partial charge in [0.1, 0.15) is 12.4 Å². The summed E-state index contributed by atoms with van der Waals surface area (Å²) in [5, 5.41) is 27.8. The summed E-state index contributed by atoms with van der Waals surface area (Å²) in [5.41, 5.74) is 1.79. The summed E-state index contributed by atoms with van der Waals surface area (Å²) in [6, 6.07) is 5.60. The molecule has 6 heteroatoms. The average molecular weight is 328 g/mol. The zero-order chi connectivity index (χ0) is 17.2. The highest BCUT2D eigenvalue weighted by molar-refractivity contribution is 5.34. The van der Waals surface area contributed by atoms with Crippen LogP contribution in [0.1, 0.15) is 31.9 Å². The van der Waals surface area contributed by atoms with Crippen molar-refractivity contribution in [3.63, 3.8) is 0 Å². The fourth-order valence-electron chi connectivity index (χ4n) is 1.89. The van der Waals surface area contributed by atoms with Crippen molar-refractivity contribution < 1.29 is 29.5 Å². The van der Waals surface area contributed by atoms with Crippen molar-refractivity contribution in [3.8, 4) is 5.75 Å². The van der Waals surface area contributed by atoms with E-state index in [0.717, 1.165) is 11.1 Å². The van der Waals surface area contributed by atoms with E-state index in [1.807, 2.05) is 18.2 Å². The van der Waals surface area contributed by atoms with Gasteiger partial charge in [0.25, 0.3) is 0 Å². The smallest absolute Gasteiger partial charge is 0.120 e. The first kappa shape index (κ1) is 19.9. The van der Waals surface area contributed by atoms with Gasteiger partial charge < -0.3 is 29.5 Å². The molecule has 0 saturated carbocycles. The van der Waals surface area contributed by atoms with E-state index in [1.54, 1.807) is 20.8 Å². The molecule has 0 aromatic heterocycles. The number of hydrogen-bond donors (Lipinski definition) is 3. The molecule has 6 nitrogen and oxygen atoms in total. The number of ether oxygens (including phenoxy) is 3. The summed E-state index contributed by atoms with van der Waals surface area (Å²) in [4.78, 5) is 0. The lowest BCUT2D eigenvalue weighted by Crippen LogP contribution is -2.14. The predicted molar refractivity (Wildman–Crippen MR) is 86.3 cm³/mol. The van der Waals surface area contributed by atoms with Crippen molar-refractivity contribution in [3.05, 3.63) is 29.3 Å². The summed E-state index contributed by atoms with van der Waals surface area (Å²) >= 11 is 0. The molecular weight excluding hydrogens is 300 g/mol. The summed E-state index contributed by atoms with van der Waals surface area (Å²) in [6.07, 6.45) is -1.59. The topological polar surface area (TPSA) is 88.4 Å². The molecule has 23 heavy (non-hydrogen) atoms. The first-order valence-corrected chi connectivity index (χ1v) is 7.82. The van der Waals surface area contributed by atoms with Crippen LogP contribution in [-0.4, -0.2) is 53.5 Å². The van der Waals surface area contributed by atoms with Gasteiger partial charge in [0, 0.05) is 0 Å². The van der Waals surface area contributed by atoms with Crippen LogP contribution in [0.25, 0.3) is 0 Å². The van der Waals surface area contributed by atoms with Crippen LogP contribution in [0.2, 0.25) is 0 Å². The van der Waals surface area contributed by atoms with Crippen molar-refractivity contribution >= 4 is 0 Å². The molecule has 1 aromatic carbocycles. The normalized spacial score (nSPS) is 15.2. The summed E-state index contributed by atoms with van der Waals surface area (Å²) in [7, 11) is 0. The van der Waals surface area contributed by atoms with Crippen LogP contribution in [0.15, 0.2) is 18.2 Å². The van der Waals surface area contributed by atoms with Crippen LogP contribution in [-0.2, 0) is 22.7 Å². The van der Waals surface area contributed by atoms with E-state index in [2.05, 4.69) is 0 Å². The lowest BCUT2D eigenvalue weighted by atomic mass is 10.1. The van der Waals surface area contributed by atoms with Crippen molar-refractivity contribution in [1.29, 1.82) is 0 Å². The fraction of sp³-hybridized carbons (Fsp3) is 0.647.